The maximum Gasteiger partial charge on any atom is 0.237 e. The molecular formula is C15H20N4O. The van der Waals surface area contributed by atoms with Crippen LogP contribution in [0.25, 0.3) is 11.0 Å². The third-order valence-corrected chi connectivity index (χ3v) is 3.95. The maximum absolute atomic E-state index is 12.1. The van der Waals surface area contributed by atoms with E-state index in [1.165, 1.54) is 0 Å². The molecule has 5 nitrogen and oxygen atoms in total. The fourth-order valence-electron chi connectivity index (χ4n) is 2.95. The highest BCUT2D eigenvalue weighted by atomic mass is 16.2. The minimum atomic E-state index is 0.0858. The predicted molar refractivity (Wildman–Crippen MR) is 78.4 cm³/mol. The van der Waals surface area contributed by atoms with E-state index in [4.69, 9.17) is 4.98 Å². The fourth-order valence-corrected chi connectivity index (χ4v) is 2.95. The number of imidazole rings is 1. The largest absolute Gasteiger partial charge is 0.340 e. The van der Waals surface area contributed by atoms with Crippen LogP contribution in [0.2, 0.25) is 0 Å². The number of nitrogens with zero attached hydrogens (tertiary/aromatic N) is 2. The Morgan fingerprint density at radius 1 is 1.55 bits per heavy atom. The Hall–Kier alpha value is -1.88. The SMILES string of the molecule is CNCC(=O)N1CCC[C@H]1c1nc2c(C)cccc2[nH]1. The van der Waals surface area contributed by atoms with Crippen LogP contribution in [0.4, 0.5) is 0 Å². The van der Waals surface area contributed by atoms with Gasteiger partial charge in [0.05, 0.1) is 23.6 Å². The number of aromatic nitrogens is 2. The van der Waals surface area contributed by atoms with E-state index in [1.807, 2.05) is 17.0 Å². The highest BCUT2D eigenvalue weighted by Crippen LogP contribution is 2.31. The first-order valence-electron chi connectivity index (χ1n) is 7.10. The first-order valence-corrected chi connectivity index (χ1v) is 7.10. The van der Waals surface area contributed by atoms with E-state index >= 15 is 0 Å². The number of aryl methyl sites for hydroxylation is 1. The number of hydrogen-bond acceptors (Lipinski definition) is 3. The number of hydrogen-bond donors (Lipinski definition) is 2. The van der Waals surface area contributed by atoms with Crippen molar-refractivity contribution in [2.45, 2.75) is 25.8 Å². The van der Waals surface area contributed by atoms with Crippen LogP contribution in [0.5, 0.6) is 0 Å². The third kappa shape index (κ3) is 2.18. The zero-order chi connectivity index (χ0) is 14.1. The van der Waals surface area contributed by atoms with Gasteiger partial charge in [0, 0.05) is 6.54 Å². The molecule has 1 amide bonds. The van der Waals surface area contributed by atoms with Crippen LogP contribution < -0.4 is 5.32 Å². The van der Waals surface area contributed by atoms with Gasteiger partial charge in [0.15, 0.2) is 0 Å². The molecule has 1 fully saturated rings. The van der Waals surface area contributed by atoms with Crippen LogP contribution in [0.1, 0.15) is 30.3 Å². The van der Waals surface area contributed by atoms with Gasteiger partial charge in [-0.25, -0.2) is 4.98 Å². The summed E-state index contributed by atoms with van der Waals surface area (Å²) in [5, 5.41) is 2.93. The van der Waals surface area contributed by atoms with E-state index in [9.17, 15) is 4.79 Å². The monoisotopic (exact) mass is 272 g/mol. The second kappa shape index (κ2) is 5.25. The number of likely N-dealkylation sites (tertiary alicyclic amines) is 1. The second-order valence-corrected chi connectivity index (χ2v) is 5.37. The molecule has 0 unspecified atom stereocenters. The number of rotatable bonds is 3. The Kier molecular flexibility index (Phi) is 3.44. The summed E-state index contributed by atoms with van der Waals surface area (Å²) in [5.41, 5.74) is 3.22. The lowest BCUT2D eigenvalue weighted by atomic mass is 10.2. The zero-order valence-electron chi connectivity index (χ0n) is 11.9. The van der Waals surface area contributed by atoms with Crippen molar-refractivity contribution in [2.75, 3.05) is 20.1 Å². The molecule has 0 aliphatic carbocycles. The fraction of sp³-hybridized carbons (Fsp3) is 0.467. The summed E-state index contributed by atoms with van der Waals surface area (Å²) < 4.78 is 0. The Bertz CT molecular complexity index is 634. The van der Waals surface area contributed by atoms with Crippen molar-refractivity contribution in [3.8, 4) is 0 Å². The minimum Gasteiger partial charge on any atom is -0.340 e. The molecular weight excluding hydrogens is 252 g/mol. The highest BCUT2D eigenvalue weighted by molar-refractivity contribution is 5.80. The number of carbonyl (C=O) groups is 1. The van der Waals surface area contributed by atoms with Crippen molar-refractivity contribution in [3.63, 3.8) is 0 Å². The normalized spacial score (nSPS) is 18.9. The predicted octanol–water partition coefficient (Wildman–Crippen LogP) is 1.75. The molecule has 2 aromatic rings. The minimum absolute atomic E-state index is 0.0858. The van der Waals surface area contributed by atoms with Crippen molar-refractivity contribution < 1.29 is 4.79 Å². The van der Waals surface area contributed by atoms with Crippen LogP contribution in [-0.4, -0.2) is 40.9 Å². The van der Waals surface area contributed by atoms with Gasteiger partial charge in [-0.1, -0.05) is 12.1 Å². The van der Waals surface area contributed by atoms with E-state index in [1.54, 1.807) is 7.05 Å². The van der Waals surface area contributed by atoms with E-state index in [-0.39, 0.29) is 11.9 Å². The molecule has 0 bridgehead atoms. The molecule has 1 aromatic heterocycles. The van der Waals surface area contributed by atoms with Crippen molar-refractivity contribution >= 4 is 16.9 Å². The first-order chi connectivity index (χ1) is 9.70. The Morgan fingerprint density at radius 2 is 2.40 bits per heavy atom. The molecule has 106 valence electrons. The maximum atomic E-state index is 12.1. The molecule has 20 heavy (non-hydrogen) atoms. The number of aromatic amines is 1. The second-order valence-electron chi connectivity index (χ2n) is 5.37. The quantitative estimate of drug-likeness (QED) is 0.895. The molecule has 1 atom stereocenters. The number of fused-ring (bicyclic) bond motifs is 1. The molecule has 1 saturated heterocycles. The van der Waals surface area contributed by atoms with Gasteiger partial charge in [-0.3, -0.25) is 4.79 Å². The van der Waals surface area contributed by atoms with Gasteiger partial charge in [-0.05, 0) is 38.4 Å². The first kappa shape index (κ1) is 13.1. The van der Waals surface area contributed by atoms with Crippen LogP contribution in [0, 0.1) is 6.92 Å². The summed E-state index contributed by atoms with van der Waals surface area (Å²) in [4.78, 5) is 22.2. The summed E-state index contributed by atoms with van der Waals surface area (Å²) in [6.07, 6.45) is 2.02. The molecule has 1 aliphatic heterocycles. The summed E-state index contributed by atoms with van der Waals surface area (Å²) in [5.74, 6) is 1.06. The van der Waals surface area contributed by atoms with E-state index < -0.39 is 0 Å². The average molecular weight is 272 g/mol. The summed E-state index contributed by atoms with van der Waals surface area (Å²) in [6, 6.07) is 6.21. The molecule has 1 aromatic carbocycles. The van der Waals surface area contributed by atoms with Gasteiger partial charge in [0.2, 0.25) is 5.91 Å². The van der Waals surface area contributed by atoms with E-state index in [2.05, 4.69) is 23.3 Å². The molecule has 5 heteroatoms. The average Bonchev–Trinajstić information content (AvgIpc) is 3.05. The number of likely N-dealkylation sites (N-methyl/N-ethyl adjacent to an activating group) is 1. The molecule has 0 spiro atoms. The molecule has 2 N–H and O–H groups in total. The highest BCUT2D eigenvalue weighted by Gasteiger charge is 2.31. The Labute approximate surface area is 118 Å². The van der Waals surface area contributed by atoms with Crippen LogP contribution in [-0.2, 0) is 4.79 Å². The van der Waals surface area contributed by atoms with Crippen molar-refractivity contribution in [1.29, 1.82) is 0 Å². The number of H-pyrrole nitrogens is 1. The summed E-state index contributed by atoms with van der Waals surface area (Å²) in [7, 11) is 1.80. The van der Waals surface area contributed by atoms with Crippen molar-refractivity contribution in [2.24, 2.45) is 0 Å². The summed E-state index contributed by atoms with van der Waals surface area (Å²) >= 11 is 0. The third-order valence-electron chi connectivity index (χ3n) is 3.95. The number of amides is 1. The lowest BCUT2D eigenvalue weighted by Gasteiger charge is -2.23. The van der Waals surface area contributed by atoms with Gasteiger partial charge < -0.3 is 15.2 Å². The Balaban J connectivity index is 1.93. The van der Waals surface area contributed by atoms with Crippen molar-refractivity contribution in [1.82, 2.24) is 20.2 Å². The molecule has 3 rings (SSSR count). The van der Waals surface area contributed by atoms with Gasteiger partial charge in [0.25, 0.3) is 0 Å². The molecule has 0 radical (unpaired) electrons. The lowest BCUT2D eigenvalue weighted by Crippen LogP contribution is -2.37. The zero-order valence-corrected chi connectivity index (χ0v) is 11.9. The van der Waals surface area contributed by atoms with Crippen molar-refractivity contribution in [3.05, 3.63) is 29.6 Å². The molecule has 0 saturated carbocycles. The summed E-state index contributed by atoms with van der Waals surface area (Å²) in [6.45, 7) is 3.27. The van der Waals surface area contributed by atoms with Gasteiger partial charge in [0.1, 0.15) is 5.82 Å². The van der Waals surface area contributed by atoms with Gasteiger partial charge in [-0.2, -0.15) is 0 Å². The van der Waals surface area contributed by atoms with Crippen LogP contribution in [0.15, 0.2) is 18.2 Å². The standard InChI is InChI=1S/C15H20N4O/c1-10-5-3-6-11-14(10)18-15(17-11)12-7-4-8-19(12)13(20)9-16-2/h3,5-6,12,16H,4,7-9H2,1-2H3,(H,17,18)/t12-/m0/s1. The Morgan fingerprint density at radius 3 is 3.15 bits per heavy atom. The topological polar surface area (TPSA) is 61.0 Å². The number of benzene rings is 1. The number of carbonyl (C=O) groups excluding carboxylic acids is 1. The van der Waals surface area contributed by atoms with Gasteiger partial charge >= 0.3 is 0 Å². The molecule has 2 heterocycles. The van der Waals surface area contributed by atoms with Gasteiger partial charge in [-0.15, -0.1) is 0 Å². The molecule has 1 aliphatic rings. The lowest BCUT2D eigenvalue weighted by molar-refractivity contribution is -0.131. The number of nitrogens with one attached hydrogen (secondary N) is 2. The van der Waals surface area contributed by atoms with Crippen LogP contribution >= 0.6 is 0 Å². The van der Waals surface area contributed by atoms with Crippen LogP contribution in [0.3, 0.4) is 0 Å². The smallest absolute Gasteiger partial charge is 0.237 e. The van der Waals surface area contributed by atoms with E-state index in [0.717, 1.165) is 41.8 Å². The number of para-hydroxylation sites is 1. The van der Waals surface area contributed by atoms with E-state index in [0.29, 0.717) is 6.54 Å².